The van der Waals surface area contributed by atoms with E-state index in [1.807, 2.05) is 60.7 Å². The van der Waals surface area contributed by atoms with Crippen LogP contribution in [-0.2, 0) is 32.5 Å². The average Bonchev–Trinajstić information content (AvgIpc) is 2.93. The van der Waals surface area contributed by atoms with Crippen LogP contribution in [0.1, 0.15) is 76.3 Å². The van der Waals surface area contributed by atoms with Crippen molar-refractivity contribution in [1.82, 2.24) is 10.5 Å². The van der Waals surface area contributed by atoms with E-state index in [0.29, 0.717) is 19.6 Å². The number of carbonyl (C=O) groups excluding carboxylic acids is 2. The standard InChI is InChI=1S/C15H23NO3.C15H21NO2/c1-2-3-5-10-14(11-17)15(18)16-19-12-13-8-6-4-7-9-13;1-2-3-5-10-14-11-16(15(14)17)18-12-13-8-6-4-7-9-13/h4,6-9,14,17H,2-3,5,10-12H2,1H3,(H,16,18);4,6-9,14H,2-3,5,10-12H2,1H3. The molecule has 2 unspecified atom stereocenters. The average molecular weight is 513 g/mol. The molecule has 1 fully saturated rings. The molecule has 2 aromatic rings. The Morgan fingerprint density at radius 2 is 1.54 bits per heavy atom. The summed E-state index contributed by atoms with van der Waals surface area (Å²) in [5.74, 6) is -0.258. The van der Waals surface area contributed by atoms with Gasteiger partial charge in [-0.25, -0.2) is 10.5 Å². The highest BCUT2D eigenvalue weighted by Crippen LogP contribution is 2.24. The van der Waals surface area contributed by atoms with Crippen LogP contribution in [0.2, 0.25) is 0 Å². The molecule has 37 heavy (non-hydrogen) atoms. The summed E-state index contributed by atoms with van der Waals surface area (Å²) in [5, 5.41) is 10.7. The van der Waals surface area contributed by atoms with E-state index < -0.39 is 0 Å². The first kappa shape index (κ1) is 30.5. The first-order valence-electron chi connectivity index (χ1n) is 13.6. The largest absolute Gasteiger partial charge is 0.396 e. The predicted octanol–water partition coefficient (Wildman–Crippen LogP) is 5.58. The van der Waals surface area contributed by atoms with Gasteiger partial charge < -0.3 is 5.11 Å². The van der Waals surface area contributed by atoms with E-state index in [4.69, 9.17) is 9.68 Å². The third-order valence-corrected chi connectivity index (χ3v) is 6.37. The van der Waals surface area contributed by atoms with Gasteiger partial charge in [0.05, 0.1) is 31.6 Å². The van der Waals surface area contributed by atoms with Crippen LogP contribution in [0.3, 0.4) is 0 Å². The predicted molar refractivity (Wildman–Crippen MR) is 145 cm³/mol. The molecule has 2 atom stereocenters. The van der Waals surface area contributed by atoms with Crippen molar-refractivity contribution in [3.8, 4) is 0 Å². The monoisotopic (exact) mass is 512 g/mol. The highest BCUT2D eigenvalue weighted by molar-refractivity contribution is 5.83. The number of benzene rings is 2. The van der Waals surface area contributed by atoms with Gasteiger partial charge in [0.15, 0.2) is 0 Å². The number of rotatable bonds is 16. The summed E-state index contributed by atoms with van der Waals surface area (Å²) in [6, 6.07) is 19.6. The number of nitrogens with zero attached hydrogens (tertiary/aromatic N) is 1. The number of aliphatic hydroxyl groups excluding tert-OH is 1. The van der Waals surface area contributed by atoms with E-state index in [2.05, 4.69) is 19.3 Å². The van der Waals surface area contributed by atoms with Gasteiger partial charge >= 0.3 is 0 Å². The van der Waals surface area contributed by atoms with Crippen molar-refractivity contribution in [3.63, 3.8) is 0 Å². The maximum atomic E-state index is 11.8. The first-order chi connectivity index (χ1) is 18.1. The molecule has 2 amide bonds. The number of unbranched alkanes of at least 4 members (excludes halogenated alkanes) is 4. The van der Waals surface area contributed by atoms with Gasteiger partial charge in [-0.3, -0.25) is 19.3 Å². The molecule has 1 saturated heterocycles. The highest BCUT2D eigenvalue weighted by Gasteiger charge is 2.37. The molecule has 7 nitrogen and oxygen atoms in total. The van der Waals surface area contributed by atoms with E-state index in [9.17, 15) is 14.7 Å². The Balaban J connectivity index is 0.000000260. The van der Waals surface area contributed by atoms with Gasteiger partial charge in [0.25, 0.3) is 5.91 Å². The molecular formula is C30H44N2O5. The van der Waals surface area contributed by atoms with Gasteiger partial charge in [-0.05, 0) is 24.0 Å². The van der Waals surface area contributed by atoms with Crippen LogP contribution in [0.4, 0.5) is 0 Å². The number of nitrogens with one attached hydrogen (secondary N) is 1. The molecule has 0 aliphatic carbocycles. The third-order valence-electron chi connectivity index (χ3n) is 6.37. The van der Waals surface area contributed by atoms with Crippen molar-refractivity contribution in [2.45, 2.75) is 78.4 Å². The molecule has 204 valence electrons. The number of amides is 2. The minimum absolute atomic E-state index is 0.135. The lowest BCUT2D eigenvalue weighted by Gasteiger charge is -2.37. The van der Waals surface area contributed by atoms with Gasteiger partial charge in [-0.15, -0.1) is 0 Å². The molecule has 2 aromatic carbocycles. The minimum atomic E-state index is -0.373. The molecule has 3 rings (SSSR count). The Bertz CT molecular complexity index is 878. The van der Waals surface area contributed by atoms with E-state index in [0.717, 1.165) is 49.8 Å². The molecule has 0 saturated carbocycles. The quantitative estimate of drug-likeness (QED) is 0.174. The molecule has 1 aliphatic rings. The zero-order valence-electron chi connectivity index (χ0n) is 22.4. The van der Waals surface area contributed by atoms with Gasteiger partial charge in [-0.1, -0.05) is 113 Å². The Labute approximate surface area is 222 Å². The second-order valence-corrected chi connectivity index (χ2v) is 9.47. The van der Waals surface area contributed by atoms with Crippen molar-refractivity contribution in [2.24, 2.45) is 11.8 Å². The SMILES string of the molecule is CCCCCC(CO)C(=O)NOCc1ccccc1.CCCCCC1CN(OCc2ccccc2)C1=O. The van der Waals surface area contributed by atoms with Gasteiger partial charge in [0, 0.05) is 0 Å². The summed E-state index contributed by atoms with van der Waals surface area (Å²) in [6.07, 6.45) is 8.42. The van der Waals surface area contributed by atoms with Crippen molar-refractivity contribution in [2.75, 3.05) is 13.2 Å². The maximum absolute atomic E-state index is 11.8. The Morgan fingerprint density at radius 1 is 0.946 bits per heavy atom. The number of β-lactam (4-membered cyclic amide) rings is 1. The second kappa shape index (κ2) is 18.5. The molecular weight excluding hydrogens is 468 g/mol. The number of carbonyl (C=O) groups is 2. The van der Waals surface area contributed by atoms with Crippen molar-refractivity contribution in [3.05, 3.63) is 71.8 Å². The van der Waals surface area contributed by atoms with Crippen LogP contribution in [0.5, 0.6) is 0 Å². The number of hydrogen-bond acceptors (Lipinski definition) is 5. The summed E-state index contributed by atoms with van der Waals surface area (Å²) < 4.78 is 0. The Morgan fingerprint density at radius 3 is 2.11 bits per heavy atom. The molecule has 7 heteroatoms. The first-order valence-corrected chi connectivity index (χ1v) is 13.6. The van der Waals surface area contributed by atoms with Crippen molar-refractivity contribution >= 4 is 11.8 Å². The van der Waals surface area contributed by atoms with E-state index in [1.165, 1.54) is 17.9 Å². The fourth-order valence-electron chi connectivity index (χ4n) is 3.95. The van der Waals surface area contributed by atoms with Crippen LogP contribution in [0.25, 0.3) is 0 Å². The lowest BCUT2D eigenvalue weighted by molar-refractivity contribution is -0.226. The maximum Gasteiger partial charge on any atom is 0.251 e. The number of hydroxylamine groups is 3. The molecule has 0 bridgehead atoms. The smallest absolute Gasteiger partial charge is 0.251 e. The van der Waals surface area contributed by atoms with Crippen LogP contribution in [-0.4, -0.2) is 35.1 Å². The zero-order valence-corrected chi connectivity index (χ0v) is 22.4. The number of aliphatic hydroxyl groups is 1. The third kappa shape index (κ3) is 11.9. The fraction of sp³-hybridized carbons (Fsp3) is 0.533. The van der Waals surface area contributed by atoms with Crippen LogP contribution >= 0.6 is 0 Å². The van der Waals surface area contributed by atoms with Crippen LogP contribution < -0.4 is 5.48 Å². The van der Waals surface area contributed by atoms with Gasteiger partial charge in [0.2, 0.25) is 5.91 Å². The van der Waals surface area contributed by atoms with Crippen LogP contribution in [0, 0.1) is 11.8 Å². The van der Waals surface area contributed by atoms with E-state index in [1.54, 1.807) is 0 Å². The van der Waals surface area contributed by atoms with Crippen molar-refractivity contribution < 1.29 is 24.4 Å². The van der Waals surface area contributed by atoms with Crippen molar-refractivity contribution in [1.29, 1.82) is 0 Å². The minimum Gasteiger partial charge on any atom is -0.396 e. The van der Waals surface area contributed by atoms with E-state index in [-0.39, 0.29) is 30.3 Å². The number of hydrogen-bond donors (Lipinski definition) is 2. The van der Waals surface area contributed by atoms with Gasteiger partial charge in [-0.2, -0.15) is 0 Å². The molecule has 0 radical (unpaired) electrons. The Hall–Kier alpha value is -2.74. The summed E-state index contributed by atoms with van der Waals surface area (Å²) in [6.45, 7) is 5.72. The summed E-state index contributed by atoms with van der Waals surface area (Å²) >= 11 is 0. The molecule has 0 spiro atoms. The fourth-order valence-corrected chi connectivity index (χ4v) is 3.95. The summed E-state index contributed by atoms with van der Waals surface area (Å²) in [7, 11) is 0. The molecule has 1 aliphatic heterocycles. The molecule has 0 aromatic heterocycles. The second-order valence-electron chi connectivity index (χ2n) is 9.47. The normalized spacial score (nSPS) is 15.4. The Kier molecular flexibility index (Phi) is 15.2. The lowest BCUT2D eigenvalue weighted by Crippen LogP contribution is -2.51. The topological polar surface area (TPSA) is 88.1 Å². The summed E-state index contributed by atoms with van der Waals surface area (Å²) in [5.41, 5.74) is 4.50. The summed E-state index contributed by atoms with van der Waals surface area (Å²) in [4.78, 5) is 34.2. The molecule has 1 heterocycles. The highest BCUT2D eigenvalue weighted by atomic mass is 16.7. The lowest BCUT2D eigenvalue weighted by atomic mass is 9.94. The van der Waals surface area contributed by atoms with Crippen LogP contribution in [0.15, 0.2) is 60.7 Å². The molecule has 2 N–H and O–H groups in total. The van der Waals surface area contributed by atoms with Gasteiger partial charge in [0.1, 0.15) is 6.61 Å². The van der Waals surface area contributed by atoms with E-state index >= 15 is 0 Å². The zero-order chi connectivity index (χ0) is 26.7.